The zero-order valence-corrected chi connectivity index (χ0v) is 13.3. The van der Waals surface area contributed by atoms with Gasteiger partial charge in [-0.15, -0.1) is 0 Å². The van der Waals surface area contributed by atoms with Crippen LogP contribution in [0.4, 0.5) is 0 Å². The average Bonchev–Trinajstić information content (AvgIpc) is 2.95. The van der Waals surface area contributed by atoms with Crippen LogP contribution in [0.2, 0.25) is 0 Å². The van der Waals surface area contributed by atoms with E-state index >= 15 is 0 Å². The van der Waals surface area contributed by atoms with Gasteiger partial charge in [-0.3, -0.25) is 0 Å². The molecule has 2 aliphatic rings. The molecule has 0 bridgehead atoms. The number of ether oxygens (including phenoxy) is 1. The molecule has 0 aromatic heterocycles. The third-order valence-corrected chi connectivity index (χ3v) is 5.05. The summed E-state index contributed by atoms with van der Waals surface area (Å²) < 4.78 is 5.85. The van der Waals surface area contributed by atoms with Gasteiger partial charge in [-0.2, -0.15) is 0 Å². The van der Waals surface area contributed by atoms with Crippen molar-refractivity contribution >= 4 is 0 Å². The maximum Gasteiger partial charge on any atom is 0.0594 e. The van der Waals surface area contributed by atoms with E-state index in [1.807, 2.05) is 0 Å². The van der Waals surface area contributed by atoms with Gasteiger partial charge < -0.3 is 10.1 Å². The molecule has 21 heavy (non-hydrogen) atoms. The van der Waals surface area contributed by atoms with E-state index < -0.39 is 0 Å². The first-order chi connectivity index (χ1) is 10.4. The van der Waals surface area contributed by atoms with Crippen LogP contribution in [0, 0.1) is 0 Å². The maximum absolute atomic E-state index is 5.85. The third kappa shape index (κ3) is 3.87. The molecule has 1 aromatic carbocycles. The molecule has 1 aliphatic heterocycles. The quantitative estimate of drug-likeness (QED) is 0.793. The zero-order chi connectivity index (χ0) is 14.5. The van der Waals surface area contributed by atoms with Crippen molar-refractivity contribution in [1.82, 2.24) is 5.32 Å². The summed E-state index contributed by atoms with van der Waals surface area (Å²) in [6.45, 7) is 4.28. The van der Waals surface area contributed by atoms with Crippen LogP contribution in [0.15, 0.2) is 24.3 Å². The normalized spacial score (nSPS) is 24.0. The summed E-state index contributed by atoms with van der Waals surface area (Å²) in [4.78, 5) is 0. The molecule has 0 amide bonds. The highest BCUT2D eigenvalue weighted by Gasteiger charge is 2.23. The van der Waals surface area contributed by atoms with Gasteiger partial charge in [-0.05, 0) is 62.1 Å². The standard InChI is InChI=1S/C19H29NO/c1-2-11-20-19(14-18-10-5-12-21-18)17-9-4-8-16(13-17)15-6-3-7-15/h4,8-9,13,15,18-20H,2-3,5-7,10-12,14H2,1H3. The lowest BCUT2D eigenvalue weighted by atomic mass is 9.79. The van der Waals surface area contributed by atoms with Gasteiger partial charge >= 0.3 is 0 Å². The minimum Gasteiger partial charge on any atom is -0.378 e. The van der Waals surface area contributed by atoms with Crippen LogP contribution in [0.1, 0.15) is 75.0 Å². The second-order valence-corrected chi connectivity index (χ2v) is 6.68. The molecular weight excluding hydrogens is 258 g/mol. The zero-order valence-electron chi connectivity index (χ0n) is 13.3. The molecule has 3 rings (SSSR count). The number of rotatable bonds is 7. The first-order valence-corrected chi connectivity index (χ1v) is 8.81. The molecule has 1 N–H and O–H groups in total. The van der Waals surface area contributed by atoms with Gasteiger partial charge in [0.05, 0.1) is 6.10 Å². The highest BCUT2D eigenvalue weighted by Crippen LogP contribution is 2.37. The minimum atomic E-state index is 0.451. The van der Waals surface area contributed by atoms with Gasteiger partial charge in [0.2, 0.25) is 0 Å². The number of hydrogen-bond donors (Lipinski definition) is 1. The van der Waals surface area contributed by atoms with Crippen molar-refractivity contribution in [3.8, 4) is 0 Å². The second-order valence-electron chi connectivity index (χ2n) is 6.68. The van der Waals surface area contributed by atoms with E-state index in [1.54, 1.807) is 5.56 Å². The van der Waals surface area contributed by atoms with E-state index in [2.05, 4.69) is 36.5 Å². The molecule has 1 saturated carbocycles. The van der Waals surface area contributed by atoms with Gasteiger partial charge in [0.1, 0.15) is 0 Å². The molecule has 2 atom stereocenters. The first-order valence-electron chi connectivity index (χ1n) is 8.81. The maximum atomic E-state index is 5.85. The highest BCUT2D eigenvalue weighted by molar-refractivity contribution is 5.29. The summed E-state index contributed by atoms with van der Waals surface area (Å²) in [5, 5.41) is 3.73. The van der Waals surface area contributed by atoms with Crippen LogP contribution in [0.5, 0.6) is 0 Å². The molecule has 1 saturated heterocycles. The van der Waals surface area contributed by atoms with Gasteiger partial charge in [0, 0.05) is 12.6 Å². The largest absolute Gasteiger partial charge is 0.378 e. The molecule has 2 fully saturated rings. The molecule has 2 nitrogen and oxygen atoms in total. The fraction of sp³-hybridized carbons (Fsp3) is 0.684. The van der Waals surface area contributed by atoms with Crippen molar-refractivity contribution in [1.29, 1.82) is 0 Å². The molecular formula is C19H29NO. The number of nitrogens with one attached hydrogen (secondary N) is 1. The van der Waals surface area contributed by atoms with Gasteiger partial charge in [-0.1, -0.05) is 37.6 Å². The highest BCUT2D eigenvalue weighted by atomic mass is 16.5. The lowest BCUT2D eigenvalue weighted by Crippen LogP contribution is -2.26. The van der Waals surface area contributed by atoms with Crippen molar-refractivity contribution in [2.24, 2.45) is 0 Å². The summed E-state index contributed by atoms with van der Waals surface area (Å²) in [5.74, 6) is 0.819. The van der Waals surface area contributed by atoms with Crippen molar-refractivity contribution in [2.45, 2.75) is 69.9 Å². The van der Waals surface area contributed by atoms with Crippen LogP contribution < -0.4 is 5.32 Å². The molecule has 1 heterocycles. The van der Waals surface area contributed by atoms with E-state index in [9.17, 15) is 0 Å². The van der Waals surface area contributed by atoms with Crippen LogP contribution in [-0.4, -0.2) is 19.3 Å². The van der Waals surface area contributed by atoms with Crippen molar-refractivity contribution in [3.63, 3.8) is 0 Å². The van der Waals surface area contributed by atoms with Gasteiger partial charge in [0.25, 0.3) is 0 Å². The molecule has 1 aliphatic carbocycles. The Morgan fingerprint density at radius 1 is 1.24 bits per heavy atom. The van der Waals surface area contributed by atoms with Gasteiger partial charge in [0.15, 0.2) is 0 Å². The van der Waals surface area contributed by atoms with E-state index in [4.69, 9.17) is 4.74 Å². The Balaban J connectivity index is 1.70. The Kier molecular flexibility index (Phi) is 5.32. The lowest BCUT2D eigenvalue weighted by Gasteiger charge is -2.28. The van der Waals surface area contributed by atoms with Crippen molar-refractivity contribution < 1.29 is 4.74 Å². The lowest BCUT2D eigenvalue weighted by molar-refractivity contribution is 0.0945. The molecule has 1 aromatic rings. The third-order valence-electron chi connectivity index (χ3n) is 5.05. The second kappa shape index (κ2) is 7.42. The van der Waals surface area contributed by atoms with Crippen LogP contribution >= 0.6 is 0 Å². The molecule has 0 radical (unpaired) electrons. The Labute approximate surface area is 129 Å². The smallest absolute Gasteiger partial charge is 0.0594 e. The first kappa shape index (κ1) is 15.1. The fourth-order valence-electron chi connectivity index (χ4n) is 3.52. The Morgan fingerprint density at radius 2 is 2.14 bits per heavy atom. The Bertz CT molecular complexity index is 435. The van der Waals surface area contributed by atoms with E-state index in [0.29, 0.717) is 12.1 Å². The summed E-state index contributed by atoms with van der Waals surface area (Å²) in [5.41, 5.74) is 3.01. The minimum absolute atomic E-state index is 0.451. The van der Waals surface area contributed by atoms with Crippen molar-refractivity contribution in [3.05, 3.63) is 35.4 Å². The Hall–Kier alpha value is -0.860. The van der Waals surface area contributed by atoms with Crippen LogP contribution in [-0.2, 0) is 4.74 Å². The van der Waals surface area contributed by atoms with E-state index in [1.165, 1.54) is 44.1 Å². The molecule has 116 valence electrons. The van der Waals surface area contributed by atoms with E-state index in [0.717, 1.165) is 25.5 Å². The predicted molar refractivity (Wildman–Crippen MR) is 87.7 cm³/mol. The summed E-state index contributed by atoms with van der Waals surface area (Å²) in [6, 6.07) is 9.76. The molecule has 0 spiro atoms. The van der Waals surface area contributed by atoms with Gasteiger partial charge in [-0.25, -0.2) is 0 Å². The molecule has 2 heteroatoms. The van der Waals surface area contributed by atoms with E-state index in [-0.39, 0.29) is 0 Å². The average molecular weight is 287 g/mol. The monoisotopic (exact) mass is 287 g/mol. The number of hydrogen-bond acceptors (Lipinski definition) is 2. The Morgan fingerprint density at radius 3 is 2.81 bits per heavy atom. The number of benzene rings is 1. The summed E-state index contributed by atoms with van der Waals surface area (Å²) >= 11 is 0. The topological polar surface area (TPSA) is 21.3 Å². The summed E-state index contributed by atoms with van der Waals surface area (Å²) in [7, 11) is 0. The fourth-order valence-corrected chi connectivity index (χ4v) is 3.52. The SMILES string of the molecule is CCCNC(CC1CCCO1)c1cccc(C2CCC2)c1. The predicted octanol–water partition coefficient (Wildman–Crippen LogP) is 4.56. The summed E-state index contributed by atoms with van der Waals surface area (Å²) in [6.07, 6.45) is 9.37. The van der Waals surface area contributed by atoms with Crippen molar-refractivity contribution in [2.75, 3.05) is 13.2 Å². The van der Waals surface area contributed by atoms with Crippen LogP contribution in [0.25, 0.3) is 0 Å². The van der Waals surface area contributed by atoms with Crippen LogP contribution in [0.3, 0.4) is 0 Å². The molecule has 2 unspecified atom stereocenters.